The number of guanidine groups is 1. The summed E-state index contributed by atoms with van der Waals surface area (Å²) in [5.41, 5.74) is -0.476. The zero-order chi connectivity index (χ0) is 19.4. The zero-order valence-corrected chi connectivity index (χ0v) is 16.2. The molecule has 0 saturated carbocycles. The summed E-state index contributed by atoms with van der Waals surface area (Å²) in [5, 5.41) is 9.00. The van der Waals surface area contributed by atoms with Crippen LogP contribution in [0.5, 0.6) is 0 Å². The van der Waals surface area contributed by atoms with Crippen LogP contribution in [0.4, 0.5) is 4.79 Å². The van der Waals surface area contributed by atoms with Gasteiger partial charge in [0.2, 0.25) is 5.56 Å². The minimum atomic E-state index is -0.500. The monoisotopic (exact) mass is 365 g/mol. The van der Waals surface area contributed by atoms with Crippen molar-refractivity contribution < 1.29 is 9.53 Å². The average Bonchev–Trinajstić information content (AvgIpc) is 2.56. The first-order valence-electron chi connectivity index (χ1n) is 8.88. The van der Waals surface area contributed by atoms with Gasteiger partial charge in [-0.15, -0.1) is 0 Å². The third-order valence-electron chi connectivity index (χ3n) is 3.33. The molecule has 8 nitrogen and oxygen atoms in total. The molecule has 0 bridgehead atoms. The second-order valence-electron chi connectivity index (χ2n) is 6.79. The fourth-order valence-electron chi connectivity index (χ4n) is 2.14. The number of rotatable bonds is 8. The lowest BCUT2D eigenvalue weighted by Crippen LogP contribution is -2.42. The summed E-state index contributed by atoms with van der Waals surface area (Å²) in [6, 6.07) is 5.17. The van der Waals surface area contributed by atoms with Gasteiger partial charge in [0.05, 0.1) is 0 Å². The van der Waals surface area contributed by atoms with Crippen molar-refractivity contribution in [1.29, 1.82) is 0 Å². The standard InChI is InChI=1S/C18H31N5O3/c1-18(2,3)26-17(25)22-12-11-21-16(19-4)20-10-6-8-14-23-13-7-5-9-15(23)24/h5,7,9,13H,6,8,10-12,14H2,1-4H3,(H,22,25)(H2,19,20,21). The molecular formula is C18H31N5O3. The lowest BCUT2D eigenvalue weighted by molar-refractivity contribution is 0.0529. The van der Waals surface area contributed by atoms with E-state index in [0.717, 1.165) is 19.4 Å². The molecule has 26 heavy (non-hydrogen) atoms. The van der Waals surface area contributed by atoms with Crippen LogP contribution in [0.2, 0.25) is 0 Å². The number of alkyl carbamates (subject to hydrolysis) is 1. The van der Waals surface area contributed by atoms with Crippen LogP contribution in [0, 0.1) is 0 Å². The maximum absolute atomic E-state index is 11.6. The van der Waals surface area contributed by atoms with E-state index in [2.05, 4.69) is 20.9 Å². The number of ether oxygens (including phenoxy) is 1. The highest BCUT2D eigenvalue weighted by atomic mass is 16.6. The van der Waals surface area contributed by atoms with Crippen molar-refractivity contribution >= 4 is 12.1 Å². The van der Waals surface area contributed by atoms with E-state index in [9.17, 15) is 9.59 Å². The summed E-state index contributed by atoms with van der Waals surface area (Å²) >= 11 is 0. The maximum atomic E-state index is 11.6. The Morgan fingerprint density at radius 3 is 2.46 bits per heavy atom. The van der Waals surface area contributed by atoms with E-state index in [1.54, 1.807) is 29.9 Å². The Kier molecular flexibility index (Phi) is 9.25. The number of aryl methyl sites for hydroxylation is 1. The van der Waals surface area contributed by atoms with Gasteiger partial charge < -0.3 is 25.3 Å². The largest absolute Gasteiger partial charge is 0.444 e. The van der Waals surface area contributed by atoms with E-state index in [-0.39, 0.29) is 5.56 Å². The van der Waals surface area contributed by atoms with E-state index in [4.69, 9.17) is 4.74 Å². The summed E-state index contributed by atoms with van der Waals surface area (Å²) in [6.07, 6.45) is 3.18. The number of nitrogens with one attached hydrogen (secondary N) is 3. The Balaban J connectivity index is 2.13. The van der Waals surface area contributed by atoms with Crippen molar-refractivity contribution in [2.45, 2.75) is 45.8 Å². The second-order valence-corrected chi connectivity index (χ2v) is 6.79. The van der Waals surface area contributed by atoms with E-state index in [0.29, 0.717) is 25.6 Å². The Morgan fingerprint density at radius 1 is 1.12 bits per heavy atom. The molecule has 0 fully saturated rings. The summed E-state index contributed by atoms with van der Waals surface area (Å²) in [7, 11) is 1.69. The van der Waals surface area contributed by atoms with Gasteiger partial charge in [0, 0.05) is 45.5 Å². The van der Waals surface area contributed by atoms with Gasteiger partial charge in [0.25, 0.3) is 0 Å². The summed E-state index contributed by atoms with van der Waals surface area (Å²) in [6.45, 7) is 7.90. The summed E-state index contributed by atoms with van der Waals surface area (Å²) in [4.78, 5) is 27.2. The Morgan fingerprint density at radius 2 is 1.81 bits per heavy atom. The minimum absolute atomic E-state index is 0.0235. The molecule has 0 unspecified atom stereocenters. The van der Waals surface area contributed by atoms with Crippen LogP contribution in [-0.4, -0.2) is 48.9 Å². The van der Waals surface area contributed by atoms with Crippen LogP contribution in [0.25, 0.3) is 0 Å². The van der Waals surface area contributed by atoms with Crippen LogP contribution >= 0.6 is 0 Å². The zero-order valence-electron chi connectivity index (χ0n) is 16.2. The number of amides is 1. The van der Waals surface area contributed by atoms with Gasteiger partial charge in [-0.1, -0.05) is 6.07 Å². The first kappa shape index (κ1) is 21.5. The van der Waals surface area contributed by atoms with Crippen molar-refractivity contribution in [3.63, 3.8) is 0 Å². The number of hydrogen-bond donors (Lipinski definition) is 3. The molecule has 146 valence electrons. The SMILES string of the molecule is CN=C(NCCCCn1ccccc1=O)NCCNC(=O)OC(C)(C)C. The summed E-state index contributed by atoms with van der Waals surface area (Å²) < 4.78 is 6.86. The number of aliphatic imine (C=N–C) groups is 1. The van der Waals surface area contributed by atoms with Crippen LogP contribution in [0.3, 0.4) is 0 Å². The Labute approximate surface area is 155 Å². The molecule has 1 heterocycles. The molecule has 0 aliphatic rings. The fraction of sp³-hybridized carbons (Fsp3) is 0.611. The predicted octanol–water partition coefficient (Wildman–Crippen LogP) is 1.32. The van der Waals surface area contributed by atoms with Gasteiger partial charge in [0.1, 0.15) is 5.60 Å². The molecule has 1 aromatic heterocycles. The number of aromatic nitrogens is 1. The third kappa shape index (κ3) is 9.71. The van der Waals surface area contributed by atoms with Gasteiger partial charge in [-0.05, 0) is 39.7 Å². The number of hydrogen-bond acceptors (Lipinski definition) is 4. The fourth-order valence-corrected chi connectivity index (χ4v) is 2.14. The Bertz CT molecular complexity index is 634. The molecule has 0 saturated heterocycles. The third-order valence-corrected chi connectivity index (χ3v) is 3.33. The quantitative estimate of drug-likeness (QED) is 0.367. The number of nitrogens with zero attached hydrogens (tertiary/aromatic N) is 2. The van der Waals surface area contributed by atoms with Crippen molar-refractivity contribution in [3.8, 4) is 0 Å². The van der Waals surface area contributed by atoms with Gasteiger partial charge in [0.15, 0.2) is 5.96 Å². The average molecular weight is 365 g/mol. The van der Waals surface area contributed by atoms with Gasteiger partial charge in [-0.25, -0.2) is 4.79 Å². The van der Waals surface area contributed by atoms with Crippen LogP contribution in [0.15, 0.2) is 34.2 Å². The van der Waals surface area contributed by atoms with Crippen LogP contribution in [-0.2, 0) is 11.3 Å². The molecule has 1 amide bonds. The van der Waals surface area contributed by atoms with E-state index in [1.807, 2.05) is 26.8 Å². The molecule has 0 aromatic carbocycles. The first-order chi connectivity index (χ1) is 12.3. The van der Waals surface area contributed by atoms with Crippen LogP contribution in [0.1, 0.15) is 33.6 Å². The molecule has 0 atom stereocenters. The van der Waals surface area contributed by atoms with Gasteiger partial charge in [-0.2, -0.15) is 0 Å². The van der Waals surface area contributed by atoms with Gasteiger partial charge >= 0.3 is 6.09 Å². The van der Waals surface area contributed by atoms with Crippen molar-refractivity contribution in [2.24, 2.45) is 4.99 Å². The molecular weight excluding hydrogens is 334 g/mol. The Hall–Kier alpha value is -2.51. The maximum Gasteiger partial charge on any atom is 0.407 e. The number of pyridine rings is 1. The normalized spacial score (nSPS) is 11.8. The number of carbonyl (C=O) groups excluding carboxylic acids is 1. The predicted molar refractivity (Wildman–Crippen MR) is 104 cm³/mol. The highest BCUT2D eigenvalue weighted by molar-refractivity contribution is 5.79. The van der Waals surface area contributed by atoms with E-state index in [1.165, 1.54) is 0 Å². The van der Waals surface area contributed by atoms with Crippen LogP contribution < -0.4 is 21.5 Å². The van der Waals surface area contributed by atoms with E-state index < -0.39 is 11.7 Å². The van der Waals surface area contributed by atoms with Crippen molar-refractivity contribution in [3.05, 3.63) is 34.7 Å². The molecule has 1 rings (SSSR count). The molecule has 0 spiro atoms. The van der Waals surface area contributed by atoms with E-state index >= 15 is 0 Å². The molecule has 0 aliphatic carbocycles. The minimum Gasteiger partial charge on any atom is -0.444 e. The highest BCUT2D eigenvalue weighted by Crippen LogP contribution is 2.05. The van der Waals surface area contributed by atoms with Crippen molar-refractivity contribution in [2.75, 3.05) is 26.7 Å². The second kappa shape index (κ2) is 11.2. The highest BCUT2D eigenvalue weighted by Gasteiger charge is 2.15. The molecule has 1 aromatic rings. The number of carbonyl (C=O) groups is 1. The van der Waals surface area contributed by atoms with Gasteiger partial charge in [-0.3, -0.25) is 9.79 Å². The first-order valence-corrected chi connectivity index (χ1v) is 8.88. The molecule has 3 N–H and O–H groups in total. The molecule has 0 radical (unpaired) electrons. The lowest BCUT2D eigenvalue weighted by atomic mass is 10.2. The lowest BCUT2D eigenvalue weighted by Gasteiger charge is -2.19. The topological polar surface area (TPSA) is 96.8 Å². The van der Waals surface area contributed by atoms with Crippen molar-refractivity contribution in [1.82, 2.24) is 20.5 Å². The summed E-state index contributed by atoms with van der Waals surface area (Å²) in [5.74, 6) is 0.674. The smallest absolute Gasteiger partial charge is 0.407 e. The molecule has 0 aliphatic heterocycles. The molecule has 8 heteroatoms. The number of unbranched alkanes of at least 4 members (excludes halogenated alkanes) is 1.